The molecule has 6 aliphatic carbocycles. The topological polar surface area (TPSA) is 60.7 Å². The molecule has 28 heavy (non-hydrogen) atoms. The average molecular weight is 389 g/mol. The lowest BCUT2D eigenvalue weighted by atomic mass is 9.41. The second-order valence-electron chi connectivity index (χ2n) is 12.7. The largest absolute Gasteiger partial charge is 0.396 e. The van der Waals surface area contributed by atoms with Crippen molar-refractivity contribution in [3.8, 4) is 0 Å². The Balaban J connectivity index is 1.38. The lowest BCUT2D eigenvalue weighted by Crippen LogP contribution is -2.65. The summed E-state index contributed by atoms with van der Waals surface area (Å²) in [6.07, 6.45) is 9.55. The summed E-state index contributed by atoms with van der Waals surface area (Å²) >= 11 is 0. The molecule has 6 aliphatic rings. The van der Waals surface area contributed by atoms with E-state index in [2.05, 4.69) is 20.8 Å². The molecule has 0 aromatic carbocycles. The van der Waals surface area contributed by atoms with Crippen LogP contribution in [-0.2, 0) is 0 Å². The Hall–Kier alpha value is -0.120. The minimum Gasteiger partial charge on any atom is -0.396 e. The van der Waals surface area contributed by atoms with Crippen LogP contribution in [0.2, 0.25) is 0 Å². The monoisotopic (exact) mass is 388 g/mol. The van der Waals surface area contributed by atoms with Crippen molar-refractivity contribution in [2.75, 3.05) is 6.61 Å². The molecule has 0 heterocycles. The van der Waals surface area contributed by atoms with Gasteiger partial charge in [0.2, 0.25) is 0 Å². The van der Waals surface area contributed by atoms with Gasteiger partial charge in [-0.2, -0.15) is 0 Å². The van der Waals surface area contributed by atoms with Gasteiger partial charge in [0.15, 0.2) is 0 Å². The van der Waals surface area contributed by atoms with E-state index in [9.17, 15) is 15.3 Å². The molecule has 0 bridgehead atoms. The molecule has 3 unspecified atom stereocenters. The fourth-order valence-corrected chi connectivity index (χ4v) is 10.6. The van der Waals surface area contributed by atoms with Gasteiger partial charge in [0.1, 0.15) is 0 Å². The van der Waals surface area contributed by atoms with E-state index in [1.165, 1.54) is 32.1 Å². The number of aliphatic hydroxyl groups excluding tert-OH is 2. The number of hydrogen-bond donors (Lipinski definition) is 3. The highest BCUT2D eigenvalue weighted by atomic mass is 16.3. The summed E-state index contributed by atoms with van der Waals surface area (Å²) < 4.78 is 0. The van der Waals surface area contributed by atoms with Crippen molar-refractivity contribution in [3.63, 3.8) is 0 Å². The van der Waals surface area contributed by atoms with Crippen molar-refractivity contribution in [3.05, 3.63) is 0 Å². The minimum atomic E-state index is -0.619. The van der Waals surface area contributed by atoms with Gasteiger partial charge in [0, 0.05) is 13.0 Å². The van der Waals surface area contributed by atoms with E-state index in [4.69, 9.17) is 0 Å². The summed E-state index contributed by atoms with van der Waals surface area (Å²) in [7, 11) is 0. The third kappa shape index (κ3) is 1.90. The van der Waals surface area contributed by atoms with E-state index in [1.807, 2.05) is 0 Å². The molecule has 0 amide bonds. The van der Waals surface area contributed by atoms with Gasteiger partial charge in [-0.25, -0.2) is 0 Å². The number of hydrogen-bond acceptors (Lipinski definition) is 3. The van der Waals surface area contributed by atoms with Gasteiger partial charge in [-0.15, -0.1) is 0 Å². The van der Waals surface area contributed by atoms with Crippen LogP contribution in [0.4, 0.5) is 0 Å². The van der Waals surface area contributed by atoms with Gasteiger partial charge >= 0.3 is 0 Å². The molecule has 158 valence electrons. The zero-order chi connectivity index (χ0) is 19.7. The molecule has 0 spiro atoms. The average Bonchev–Trinajstić information content (AvgIpc) is 3.54. The molecule has 3 heteroatoms. The molecule has 0 aromatic heterocycles. The highest BCUT2D eigenvalue weighted by Crippen LogP contribution is 2.84. The van der Waals surface area contributed by atoms with Gasteiger partial charge < -0.3 is 15.3 Å². The van der Waals surface area contributed by atoms with Crippen LogP contribution in [0.25, 0.3) is 0 Å². The molecular weight excluding hydrogens is 348 g/mol. The van der Waals surface area contributed by atoms with Crippen LogP contribution in [0.15, 0.2) is 0 Å². The van der Waals surface area contributed by atoms with Crippen LogP contribution in [0.3, 0.4) is 0 Å². The molecule has 6 rings (SSSR count). The van der Waals surface area contributed by atoms with Crippen molar-refractivity contribution in [2.24, 2.45) is 57.7 Å². The molecule has 3 N–H and O–H groups in total. The molecule has 3 nitrogen and oxygen atoms in total. The van der Waals surface area contributed by atoms with E-state index in [0.717, 1.165) is 42.9 Å². The zero-order valence-corrected chi connectivity index (χ0v) is 18.0. The molecule has 0 saturated heterocycles. The maximum atomic E-state index is 11.9. The highest BCUT2D eigenvalue weighted by molar-refractivity contribution is 5.28. The van der Waals surface area contributed by atoms with Crippen molar-refractivity contribution in [1.82, 2.24) is 0 Å². The Kier molecular flexibility index (Phi) is 3.58. The van der Waals surface area contributed by atoms with Crippen LogP contribution < -0.4 is 0 Å². The van der Waals surface area contributed by atoms with Gasteiger partial charge in [0.05, 0.1) is 11.7 Å². The lowest BCUT2D eigenvalue weighted by Gasteiger charge is -2.65. The van der Waals surface area contributed by atoms with Crippen LogP contribution in [-0.4, -0.2) is 33.6 Å². The first-order valence-corrected chi connectivity index (χ1v) is 12.2. The molecule has 6 saturated carbocycles. The maximum Gasteiger partial charge on any atom is 0.0759 e. The Labute approximate surface area is 170 Å². The van der Waals surface area contributed by atoms with Crippen molar-refractivity contribution >= 4 is 0 Å². The van der Waals surface area contributed by atoms with Gasteiger partial charge in [-0.1, -0.05) is 20.8 Å². The first-order chi connectivity index (χ1) is 13.2. The fourth-order valence-electron chi connectivity index (χ4n) is 10.6. The Morgan fingerprint density at radius 3 is 2.36 bits per heavy atom. The minimum absolute atomic E-state index is 0.00434. The molecular formula is C25H40O3. The van der Waals surface area contributed by atoms with Crippen LogP contribution >= 0.6 is 0 Å². The first kappa shape index (κ1) is 18.6. The highest BCUT2D eigenvalue weighted by Gasteiger charge is 2.80. The van der Waals surface area contributed by atoms with E-state index in [-0.39, 0.29) is 11.5 Å². The summed E-state index contributed by atoms with van der Waals surface area (Å²) in [5.74, 6) is 5.22. The number of rotatable bonds is 3. The van der Waals surface area contributed by atoms with Crippen LogP contribution in [0.1, 0.15) is 78.6 Å². The third-order valence-corrected chi connectivity index (χ3v) is 12.2. The molecule has 0 aromatic rings. The molecule has 12 atom stereocenters. The molecule has 6 fully saturated rings. The molecule has 0 radical (unpaired) electrons. The fraction of sp³-hybridized carbons (Fsp3) is 1.00. The van der Waals surface area contributed by atoms with E-state index < -0.39 is 5.60 Å². The number of fused-ring (bicyclic) bond motifs is 10. The summed E-state index contributed by atoms with van der Waals surface area (Å²) in [6, 6.07) is 0. The molecule has 0 aliphatic heterocycles. The summed E-state index contributed by atoms with van der Waals surface area (Å²) in [4.78, 5) is 0. The number of aliphatic hydroxyl groups is 3. The summed E-state index contributed by atoms with van der Waals surface area (Å²) in [6.45, 7) is 7.91. The Bertz CT molecular complexity index is 693. The predicted octanol–water partition coefficient (Wildman–Crippen LogP) is 4.00. The van der Waals surface area contributed by atoms with Crippen molar-refractivity contribution < 1.29 is 15.3 Å². The summed E-state index contributed by atoms with van der Waals surface area (Å²) in [5, 5.41) is 31.8. The van der Waals surface area contributed by atoms with E-state index >= 15 is 0 Å². The van der Waals surface area contributed by atoms with Gasteiger partial charge in [-0.3, -0.25) is 0 Å². The zero-order valence-electron chi connectivity index (χ0n) is 18.0. The Morgan fingerprint density at radius 2 is 1.61 bits per heavy atom. The van der Waals surface area contributed by atoms with Gasteiger partial charge in [-0.05, 0) is 109 Å². The third-order valence-electron chi connectivity index (χ3n) is 12.2. The quantitative estimate of drug-likeness (QED) is 0.685. The smallest absolute Gasteiger partial charge is 0.0759 e. The Morgan fingerprint density at radius 1 is 0.893 bits per heavy atom. The lowest BCUT2D eigenvalue weighted by molar-refractivity contribution is -0.231. The van der Waals surface area contributed by atoms with E-state index in [1.54, 1.807) is 0 Å². The van der Waals surface area contributed by atoms with Crippen molar-refractivity contribution in [2.45, 2.75) is 90.3 Å². The SMILES string of the molecule is C[C@]12CCC3C(C1[C@@H]1C[C@@H]1[C@@]2(C)CCCO)[C@H]1C[C@H]1[C@]1(O)C[C@@H](O)CC[C@]31C. The second kappa shape index (κ2) is 5.37. The summed E-state index contributed by atoms with van der Waals surface area (Å²) in [5.41, 5.74) is 0.207. The van der Waals surface area contributed by atoms with Crippen molar-refractivity contribution in [1.29, 1.82) is 0 Å². The van der Waals surface area contributed by atoms with Crippen LogP contribution in [0.5, 0.6) is 0 Å². The van der Waals surface area contributed by atoms with E-state index in [0.29, 0.717) is 41.6 Å². The normalized spacial score (nSPS) is 66.2. The first-order valence-electron chi connectivity index (χ1n) is 12.2. The van der Waals surface area contributed by atoms with Gasteiger partial charge in [0.25, 0.3) is 0 Å². The standard InChI is InChI=1S/C25H40O3/c1-22(7-4-10-26)18-12-16(18)21-20-15-11-19(15)25(28)13-14(27)5-8-23(25,2)17(20)6-9-24(21,22)3/h14-21,26-28H,4-13H2,1-3H3/t14-,15-,16+,17?,18-,19+,20?,21?,22+,23+,24-,25+/m0/s1. The second-order valence-corrected chi connectivity index (χ2v) is 12.7. The maximum absolute atomic E-state index is 11.9. The van der Waals surface area contributed by atoms with Crippen LogP contribution in [0, 0.1) is 57.7 Å². The predicted molar refractivity (Wildman–Crippen MR) is 108 cm³/mol.